The van der Waals surface area contributed by atoms with Crippen LogP contribution in [0.4, 0.5) is 0 Å². The van der Waals surface area contributed by atoms with Gasteiger partial charge in [-0.05, 0) is 13.5 Å². The molecule has 0 spiro atoms. The van der Waals surface area contributed by atoms with Gasteiger partial charge in [0.1, 0.15) is 0 Å². The highest BCUT2D eigenvalue weighted by atomic mass is 16.5. The lowest BCUT2D eigenvalue weighted by molar-refractivity contribution is 0.160. The third kappa shape index (κ3) is 3.89. The molecule has 76 valence electrons. The number of likely N-dealkylation sites (N-methyl/N-ethyl adjacent to an activating group) is 1. The molecule has 0 amide bonds. The molecule has 0 aromatic heterocycles. The second-order valence-electron chi connectivity index (χ2n) is 3.49. The quantitative estimate of drug-likeness (QED) is 0.480. The van der Waals surface area contributed by atoms with Gasteiger partial charge >= 0.3 is 0 Å². The van der Waals surface area contributed by atoms with Gasteiger partial charge in [0, 0.05) is 32.3 Å². The zero-order chi connectivity index (χ0) is 9.52. The van der Waals surface area contributed by atoms with E-state index in [1.54, 1.807) is 0 Å². The molecular formula is C10H20N2O. The molecule has 3 nitrogen and oxygen atoms in total. The predicted molar refractivity (Wildman–Crippen MR) is 54.9 cm³/mol. The maximum atomic E-state index is 5.33. The first-order chi connectivity index (χ1) is 6.34. The molecule has 0 aromatic rings. The summed E-state index contributed by atoms with van der Waals surface area (Å²) in [5.41, 5.74) is 0. The summed E-state index contributed by atoms with van der Waals surface area (Å²) in [4.78, 5) is 2.36. The Balaban J connectivity index is 2.02. The molecule has 0 aromatic carbocycles. The van der Waals surface area contributed by atoms with Crippen molar-refractivity contribution in [1.29, 1.82) is 0 Å². The van der Waals surface area contributed by atoms with Gasteiger partial charge in [-0.1, -0.05) is 6.08 Å². The average Bonchev–Trinajstić information content (AvgIpc) is 2.65. The van der Waals surface area contributed by atoms with Gasteiger partial charge in [-0.25, -0.2) is 0 Å². The molecule has 3 heteroatoms. The Labute approximate surface area is 80.8 Å². The summed E-state index contributed by atoms with van der Waals surface area (Å²) >= 11 is 0. The smallest absolute Gasteiger partial charge is 0.0622 e. The number of hydrogen-bond acceptors (Lipinski definition) is 3. The fourth-order valence-corrected chi connectivity index (χ4v) is 1.51. The van der Waals surface area contributed by atoms with E-state index in [0.29, 0.717) is 6.04 Å². The van der Waals surface area contributed by atoms with Gasteiger partial charge in [0.2, 0.25) is 0 Å². The number of rotatable bonds is 6. The van der Waals surface area contributed by atoms with Gasteiger partial charge in [0.05, 0.1) is 6.61 Å². The molecule has 1 aliphatic heterocycles. The van der Waals surface area contributed by atoms with Crippen LogP contribution in [0.25, 0.3) is 0 Å². The second kappa shape index (κ2) is 6.13. The lowest BCUT2D eigenvalue weighted by atomic mass is 10.2. The highest BCUT2D eigenvalue weighted by molar-refractivity contribution is 4.74. The molecule has 0 radical (unpaired) electrons. The molecule has 0 saturated carbocycles. The average molecular weight is 184 g/mol. The van der Waals surface area contributed by atoms with Gasteiger partial charge in [-0.3, -0.25) is 4.90 Å². The summed E-state index contributed by atoms with van der Waals surface area (Å²) in [5, 5.41) is 3.29. The van der Waals surface area contributed by atoms with E-state index in [1.165, 1.54) is 6.42 Å². The first kappa shape index (κ1) is 10.7. The highest BCUT2D eigenvalue weighted by Crippen LogP contribution is 2.09. The van der Waals surface area contributed by atoms with Crippen molar-refractivity contribution in [3.63, 3.8) is 0 Å². The molecule has 13 heavy (non-hydrogen) atoms. The van der Waals surface area contributed by atoms with Gasteiger partial charge in [0.25, 0.3) is 0 Å². The fourth-order valence-electron chi connectivity index (χ4n) is 1.51. The van der Waals surface area contributed by atoms with Crippen LogP contribution in [0.2, 0.25) is 0 Å². The fraction of sp³-hybridized carbons (Fsp3) is 0.800. The van der Waals surface area contributed by atoms with Gasteiger partial charge < -0.3 is 10.1 Å². The van der Waals surface area contributed by atoms with E-state index < -0.39 is 0 Å². The van der Waals surface area contributed by atoms with Crippen molar-refractivity contribution < 1.29 is 4.74 Å². The standard InChI is InChI=1S/C10H20N2O/c1-3-5-11-6-7-12(2)10-4-8-13-9-10/h3,10-11H,1,4-9H2,2H3. The first-order valence-electron chi connectivity index (χ1n) is 4.94. The Hall–Kier alpha value is -0.380. The minimum absolute atomic E-state index is 0.630. The highest BCUT2D eigenvalue weighted by Gasteiger charge is 2.19. The van der Waals surface area contributed by atoms with E-state index in [4.69, 9.17) is 4.74 Å². The minimum Gasteiger partial charge on any atom is -0.380 e. The molecule has 1 aliphatic rings. The van der Waals surface area contributed by atoms with Crippen LogP contribution in [-0.4, -0.2) is 50.8 Å². The molecule has 1 fully saturated rings. The third-order valence-electron chi connectivity index (χ3n) is 2.46. The van der Waals surface area contributed by atoms with Crippen molar-refractivity contribution in [2.75, 3.05) is 39.9 Å². The summed E-state index contributed by atoms with van der Waals surface area (Å²) in [5.74, 6) is 0. The van der Waals surface area contributed by atoms with E-state index in [0.717, 1.165) is 32.8 Å². The SMILES string of the molecule is C=CCNCCN(C)C1CCOC1. The zero-order valence-electron chi connectivity index (χ0n) is 8.46. The molecule has 1 saturated heterocycles. The van der Waals surface area contributed by atoms with Crippen molar-refractivity contribution >= 4 is 0 Å². The summed E-state index contributed by atoms with van der Waals surface area (Å²) in [6.07, 6.45) is 3.07. The first-order valence-corrected chi connectivity index (χ1v) is 4.94. The van der Waals surface area contributed by atoms with Crippen molar-refractivity contribution in [2.24, 2.45) is 0 Å². The Morgan fingerprint density at radius 2 is 2.54 bits per heavy atom. The van der Waals surface area contributed by atoms with Crippen LogP contribution in [0.1, 0.15) is 6.42 Å². The lowest BCUT2D eigenvalue weighted by Gasteiger charge is -2.22. The van der Waals surface area contributed by atoms with Crippen molar-refractivity contribution in [3.05, 3.63) is 12.7 Å². The molecule has 0 bridgehead atoms. The number of ether oxygens (including phenoxy) is 1. The Morgan fingerprint density at radius 3 is 3.15 bits per heavy atom. The van der Waals surface area contributed by atoms with E-state index in [2.05, 4.69) is 23.8 Å². The number of nitrogens with one attached hydrogen (secondary N) is 1. The molecule has 1 N–H and O–H groups in total. The van der Waals surface area contributed by atoms with E-state index in [1.807, 2.05) is 6.08 Å². The molecular weight excluding hydrogens is 164 g/mol. The van der Waals surface area contributed by atoms with Gasteiger partial charge in [0.15, 0.2) is 0 Å². The summed E-state index contributed by atoms with van der Waals surface area (Å²) < 4.78 is 5.33. The zero-order valence-corrected chi connectivity index (χ0v) is 8.46. The topological polar surface area (TPSA) is 24.5 Å². The summed E-state index contributed by atoms with van der Waals surface area (Å²) in [6.45, 7) is 8.49. The van der Waals surface area contributed by atoms with E-state index in [9.17, 15) is 0 Å². The second-order valence-corrected chi connectivity index (χ2v) is 3.49. The Bertz CT molecular complexity index is 144. The van der Waals surface area contributed by atoms with Crippen molar-refractivity contribution in [3.8, 4) is 0 Å². The van der Waals surface area contributed by atoms with Crippen LogP contribution in [-0.2, 0) is 4.74 Å². The van der Waals surface area contributed by atoms with Gasteiger partial charge in [-0.15, -0.1) is 6.58 Å². The molecule has 1 unspecified atom stereocenters. The molecule has 1 rings (SSSR count). The van der Waals surface area contributed by atoms with E-state index >= 15 is 0 Å². The van der Waals surface area contributed by atoms with Crippen LogP contribution in [0.15, 0.2) is 12.7 Å². The summed E-state index contributed by atoms with van der Waals surface area (Å²) in [7, 11) is 2.16. The monoisotopic (exact) mass is 184 g/mol. The maximum absolute atomic E-state index is 5.33. The maximum Gasteiger partial charge on any atom is 0.0622 e. The molecule has 1 heterocycles. The van der Waals surface area contributed by atoms with Crippen LogP contribution in [0.5, 0.6) is 0 Å². The van der Waals surface area contributed by atoms with Crippen LogP contribution < -0.4 is 5.32 Å². The largest absolute Gasteiger partial charge is 0.380 e. The van der Waals surface area contributed by atoms with Crippen molar-refractivity contribution in [2.45, 2.75) is 12.5 Å². The van der Waals surface area contributed by atoms with Crippen LogP contribution in [0, 0.1) is 0 Å². The molecule has 1 atom stereocenters. The van der Waals surface area contributed by atoms with E-state index in [-0.39, 0.29) is 0 Å². The number of hydrogen-bond donors (Lipinski definition) is 1. The minimum atomic E-state index is 0.630. The third-order valence-corrected chi connectivity index (χ3v) is 2.46. The Kier molecular flexibility index (Phi) is 5.05. The van der Waals surface area contributed by atoms with Gasteiger partial charge in [-0.2, -0.15) is 0 Å². The van der Waals surface area contributed by atoms with Crippen molar-refractivity contribution in [1.82, 2.24) is 10.2 Å². The molecule has 0 aliphatic carbocycles. The predicted octanol–water partition coefficient (Wildman–Crippen LogP) is 0.483. The van der Waals surface area contributed by atoms with Crippen LogP contribution in [0.3, 0.4) is 0 Å². The lowest BCUT2D eigenvalue weighted by Crippen LogP contribution is -2.37. The van der Waals surface area contributed by atoms with Crippen LogP contribution >= 0.6 is 0 Å². The summed E-state index contributed by atoms with van der Waals surface area (Å²) in [6, 6.07) is 0.630. The number of nitrogens with zero attached hydrogens (tertiary/aromatic N) is 1. The normalized spacial score (nSPS) is 22.5. The Morgan fingerprint density at radius 1 is 1.69 bits per heavy atom.